The molecule has 0 aliphatic rings. The molecule has 2 N–H and O–H groups in total. The highest BCUT2D eigenvalue weighted by Crippen LogP contribution is 2.18. The van der Waals surface area contributed by atoms with Crippen LogP contribution in [-0.4, -0.2) is 11.1 Å². The van der Waals surface area contributed by atoms with E-state index in [0.29, 0.717) is 18.2 Å². The van der Waals surface area contributed by atoms with E-state index in [4.69, 9.17) is 9.52 Å². The molecule has 0 saturated heterocycles. The standard InChI is InChI=1S/C17H21NO3/c1-11(2)14-6-4-13(5-7-14)10-18-12(3)15-8-9-16(21-15)17(19)20/h4-9,11-12,18H,10H2,1-3H3,(H,19,20). The van der Waals surface area contributed by atoms with Crippen molar-refractivity contribution in [2.24, 2.45) is 0 Å². The Labute approximate surface area is 124 Å². The first-order valence-corrected chi connectivity index (χ1v) is 7.12. The molecule has 1 unspecified atom stereocenters. The second-order valence-corrected chi connectivity index (χ2v) is 5.51. The number of carbonyl (C=O) groups is 1. The number of furan rings is 1. The minimum Gasteiger partial charge on any atom is -0.475 e. The van der Waals surface area contributed by atoms with Gasteiger partial charge in [-0.05, 0) is 36.1 Å². The van der Waals surface area contributed by atoms with Gasteiger partial charge in [-0.25, -0.2) is 4.79 Å². The Kier molecular flexibility index (Phi) is 4.81. The van der Waals surface area contributed by atoms with Crippen molar-refractivity contribution in [3.63, 3.8) is 0 Å². The first-order chi connectivity index (χ1) is 9.97. The monoisotopic (exact) mass is 287 g/mol. The summed E-state index contributed by atoms with van der Waals surface area (Å²) in [5, 5.41) is 12.2. The van der Waals surface area contributed by atoms with E-state index in [9.17, 15) is 4.79 Å². The van der Waals surface area contributed by atoms with Crippen molar-refractivity contribution in [2.45, 2.75) is 39.3 Å². The zero-order valence-corrected chi connectivity index (χ0v) is 12.6. The summed E-state index contributed by atoms with van der Waals surface area (Å²) in [6.45, 7) is 7.01. The van der Waals surface area contributed by atoms with Gasteiger partial charge in [0.25, 0.3) is 0 Å². The van der Waals surface area contributed by atoms with Crippen LogP contribution in [0.15, 0.2) is 40.8 Å². The second-order valence-electron chi connectivity index (χ2n) is 5.51. The maximum absolute atomic E-state index is 10.8. The molecule has 0 radical (unpaired) electrons. The molecule has 0 saturated carbocycles. The van der Waals surface area contributed by atoms with E-state index in [1.54, 1.807) is 6.07 Å². The van der Waals surface area contributed by atoms with Gasteiger partial charge in [0.15, 0.2) is 0 Å². The van der Waals surface area contributed by atoms with Crippen LogP contribution in [0, 0.1) is 0 Å². The lowest BCUT2D eigenvalue weighted by molar-refractivity contribution is 0.0659. The maximum atomic E-state index is 10.8. The molecule has 0 fully saturated rings. The van der Waals surface area contributed by atoms with E-state index >= 15 is 0 Å². The SMILES string of the molecule is CC(C)c1ccc(CNC(C)c2ccc(C(=O)O)o2)cc1. The van der Waals surface area contributed by atoms with Crippen LogP contribution >= 0.6 is 0 Å². The lowest BCUT2D eigenvalue weighted by Crippen LogP contribution is -2.17. The molecule has 1 heterocycles. The number of aromatic carboxylic acids is 1. The molecule has 0 aliphatic heterocycles. The molecule has 0 aliphatic carbocycles. The molecular weight excluding hydrogens is 266 g/mol. The van der Waals surface area contributed by atoms with Crippen molar-refractivity contribution in [3.8, 4) is 0 Å². The van der Waals surface area contributed by atoms with Crippen molar-refractivity contribution < 1.29 is 14.3 Å². The van der Waals surface area contributed by atoms with Crippen LogP contribution in [0.4, 0.5) is 0 Å². The third-order valence-electron chi connectivity index (χ3n) is 3.52. The largest absolute Gasteiger partial charge is 0.475 e. The number of carboxylic acid groups (broad SMARTS) is 1. The van der Waals surface area contributed by atoms with Crippen LogP contribution in [0.25, 0.3) is 0 Å². The summed E-state index contributed by atoms with van der Waals surface area (Å²) in [6, 6.07) is 11.6. The Morgan fingerprint density at radius 1 is 1.14 bits per heavy atom. The summed E-state index contributed by atoms with van der Waals surface area (Å²) in [5.74, 6) is 0.0901. The molecule has 112 valence electrons. The summed E-state index contributed by atoms with van der Waals surface area (Å²) < 4.78 is 5.28. The molecule has 21 heavy (non-hydrogen) atoms. The topological polar surface area (TPSA) is 62.5 Å². The molecule has 0 bridgehead atoms. The number of benzene rings is 1. The summed E-state index contributed by atoms with van der Waals surface area (Å²) in [6.07, 6.45) is 0. The van der Waals surface area contributed by atoms with Gasteiger partial charge in [0.2, 0.25) is 5.76 Å². The fraction of sp³-hybridized carbons (Fsp3) is 0.353. The molecule has 2 aromatic rings. The third-order valence-corrected chi connectivity index (χ3v) is 3.52. The molecule has 2 rings (SSSR count). The van der Waals surface area contributed by atoms with E-state index < -0.39 is 5.97 Å². The summed E-state index contributed by atoms with van der Waals surface area (Å²) >= 11 is 0. The van der Waals surface area contributed by atoms with E-state index in [-0.39, 0.29) is 11.8 Å². The van der Waals surface area contributed by atoms with Gasteiger partial charge < -0.3 is 14.8 Å². The Balaban J connectivity index is 1.93. The highest BCUT2D eigenvalue weighted by molar-refractivity contribution is 5.84. The fourth-order valence-electron chi connectivity index (χ4n) is 2.09. The molecule has 0 amide bonds. The average Bonchev–Trinajstić information content (AvgIpc) is 2.95. The second kappa shape index (κ2) is 6.59. The van der Waals surface area contributed by atoms with Crippen LogP contribution in [0.1, 0.15) is 60.2 Å². The highest BCUT2D eigenvalue weighted by atomic mass is 16.4. The van der Waals surface area contributed by atoms with Gasteiger partial charge in [-0.3, -0.25) is 0 Å². The summed E-state index contributed by atoms with van der Waals surface area (Å²) in [5.41, 5.74) is 2.51. The fourth-order valence-corrected chi connectivity index (χ4v) is 2.09. The van der Waals surface area contributed by atoms with Gasteiger partial charge in [0.05, 0.1) is 6.04 Å². The molecule has 4 nitrogen and oxygen atoms in total. The van der Waals surface area contributed by atoms with Crippen LogP contribution in [0.2, 0.25) is 0 Å². The Bertz CT molecular complexity index is 599. The lowest BCUT2D eigenvalue weighted by atomic mass is 10.0. The van der Waals surface area contributed by atoms with Crippen molar-refractivity contribution in [1.29, 1.82) is 0 Å². The normalized spacial score (nSPS) is 12.6. The van der Waals surface area contributed by atoms with E-state index in [1.807, 2.05) is 6.92 Å². The summed E-state index contributed by atoms with van der Waals surface area (Å²) in [7, 11) is 0. The number of nitrogens with one attached hydrogen (secondary N) is 1. The quantitative estimate of drug-likeness (QED) is 0.844. The molecular formula is C17H21NO3. The molecule has 1 atom stereocenters. The van der Waals surface area contributed by atoms with Crippen LogP contribution in [0.5, 0.6) is 0 Å². The minimum atomic E-state index is -1.04. The van der Waals surface area contributed by atoms with Gasteiger partial charge >= 0.3 is 5.97 Å². The van der Waals surface area contributed by atoms with Crippen molar-refractivity contribution in [2.75, 3.05) is 0 Å². The van der Waals surface area contributed by atoms with E-state index in [0.717, 1.165) is 0 Å². The maximum Gasteiger partial charge on any atom is 0.371 e. The Morgan fingerprint density at radius 3 is 2.33 bits per heavy atom. The van der Waals surface area contributed by atoms with Crippen molar-refractivity contribution in [1.82, 2.24) is 5.32 Å². The molecule has 0 spiro atoms. The van der Waals surface area contributed by atoms with Crippen LogP contribution in [0.3, 0.4) is 0 Å². The van der Waals surface area contributed by atoms with Crippen LogP contribution in [-0.2, 0) is 6.54 Å². The predicted molar refractivity (Wildman–Crippen MR) is 81.5 cm³/mol. The van der Waals surface area contributed by atoms with Gasteiger partial charge in [0, 0.05) is 6.54 Å². The van der Waals surface area contributed by atoms with Crippen molar-refractivity contribution in [3.05, 3.63) is 59.0 Å². The first-order valence-electron chi connectivity index (χ1n) is 7.12. The third kappa shape index (κ3) is 3.95. The zero-order chi connectivity index (χ0) is 15.4. The van der Waals surface area contributed by atoms with Gasteiger partial charge in [-0.1, -0.05) is 38.1 Å². The van der Waals surface area contributed by atoms with Gasteiger partial charge in [-0.15, -0.1) is 0 Å². The molecule has 1 aromatic carbocycles. The average molecular weight is 287 g/mol. The predicted octanol–water partition coefficient (Wildman–Crippen LogP) is 3.95. The number of rotatable bonds is 6. The number of hydrogen-bond donors (Lipinski definition) is 2. The van der Waals surface area contributed by atoms with Crippen molar-refractivity contribution >= 4 is 5.97 Å². The molecule has 4 heteroatoms. The minimum absolute atomic E-state index is 0.0278. The van der Waals surface area contributed by atoms with Crippen LogP contribution < -0.4 is 5.32 Å². The smallest absolute Gasteiger partial charge is 0.371 e. The van der Waals surface area contributed by atoms with E-state index in [2.05, 4.69) is 43.4 Å². The Morgan fingerprint density at radius 2 is 1.81 bits per heavy atom. The lowest BCUT2D eigenvalue weighted by Gasteiger charge is -2.12. The Hall–Kier alpha value is -2.07. The van der Waals surface area contributed by atoms with Gasteiger partial charge in [0.1, 0.15) is 5.76 Å². The number of hydrogen-bond acceptors (Lipinski definition) is 3. The number of carboxylic acids is 1. The first kappa shape index (κ1) is 15.3. The van der Waals surface area contributed by atoms with E-state index in [1.165, 1.54) is 17.2 Å². The molecule has 1 aromatic heterocycles. The highest BCUT2D eigenvalue weighted by Gasteiger charge is 2.13. The van der Waals surface area contributed by atoms with Gasteiger partial charge in [-0.2, -0.15) is 0 Å². The summed E-state index contributed by atoms with van der Waals surface area (Å²) in [4.78, 5) is 10.8. The zero-order valence-electron chi connectivity index (χ0n) is 12.6.